The average Bonchev–Trinajstić information content (AvgIpc) is 1.53. The molecule has 17 nitrogen and oxygen atoms in total. The highest BCUT2D eigenvalue weighted by molar-refractivity contribution is 6.07. The fraction of sp³-hybridized carbons (Fsp3) is 0.241. The molecule has 0 bridgehead atoms. The van der Waals surface area contributed by atoms with Crippen molar-refractivity contribution in [1.82, 2.24) is 0 Å². The first-order valence-electron chi connectivity index (χ1n) is 52.3. The van der Waals surface area contributed by atoms with E-state index in [9.17, 15) is 50.1 Å². The Labute approximate surface area is 885 Å². The van der Waals surface area contributed by atoms with Crippen molar-refractivity contribution in [3.8, 4) is 51.7 Å². The Bertz CT molecular complexity index is 7010. The first-order chi connectivity index (χ1) is 73.1. The van der Waals surface area contributed by atoms with Crippen molar-refractivity contribution < 1.29 is 83.3 Å². The first-order valence-corrected chi connectivity index (χ1v) is 52.3. The zero-order valence-corrected chi connectivity index (χ0v) is 90.9. The number of rotatable bonds is 12. The SMILES string of the molecule is CC.CC.CC.CC.CC.CCC.CCC.CCC.CCC.CCC.COCOc1ccc(C2(c3ccc(OCOC)c4ccccc34)OC(=O)c3ccccc32)c2ccccc12.O=C1OC(c2ccc(O)c3ccccc23)(c2ccc(O)c3ccccc23)c2ccccc21.O=C1OC(c2ccc(O)c3ccccc23)(c2ccc(O)c3ccccc23)c2ccccc21.Oc1cccc2c(O)cccc12.Oc1cccc2ccccc12. The summed E-state index contributed by atoms with van der Waals surface area (Å²) in [6.07, 6.45) is 6.25. The van der Waals surface area contributed by atoms with Crippen LogP contribution >= 0.6 is 0 Å². The third-order valence-electron chi connectivity index (χ3n) is 23.3. The molecule has 0 aliphatic carbocycles. The molecule has 3 heterocycles. The standard InChI is InChI=1S/C32H26O6.2C28H18O4.C10H8O2.C10H8O.5C3H8.5C2H6/c1-34-19-36-29-17-15-27(21-9-3-5-11-23(21)29)32(26-14-8-7-13-25(26)31(33)38-32)28-16-18-30(37-20-35-2)24-12-6-4-10-22(24)28;2*29-25-15-13-23(17-7-1-3-9-19(17)25)28(22-12-6-5-11-21(22)27(31)32-28)24-14-16-26(30)20-10-4-2-8-18(20)24;11-9-5-1-3-7-8(9)4-2-6-10(7)12;11-10-7-3-5-8-4-1-2-6-9(8)10;5*1-3-2;5*1-2/h3-18H,19-20H2,1-2H3;2*1-16,29-30H;1-6,11-12H;1-7,11H;5*3H2,1-2H3;5*1-2H3. The Morgan fingerprint density at radius 1 is 0.193 bits per heavy atom. The van der Waals surface area contributed by atoms with Crippen LogP contribution in [-0.2, 0) is 40.5 Å². The molecule has 0 saturated heterocycles. The average molecular weight is 2020 g/mol. The number of hydrogen-bond acceptors (Lipinski definition) is 17. The summed E-state index contributed by atoms with van der Waals surface area (Å²) in [5, 5.41) is 83.0. The van der Waals surface area contributed by atoms with E-state index in [1.807, 2.05) is 360 Å². The molecule has 0 fully saturated rings. The zero-order chi connectivity index (χ0) is 110. The van der Waals surface area contributed by atoms with Crippen LogP contribution in [0.25, 0.3) is 86.2 Å². The number of methoxy groups -OCH3 is 2. The van der Waals surface area contributed by atoms with Gasteiger partial charge in [0, 0.05) is 113 Å². The van der Waals surface area contributed by atoms with Crippen molar-refractivity contribution in [1.29, 1.82) is 0 Å². The maximum atomic E-state index is 13.4. The van der Waals surface area contributed by atoms with Gasteiger partial charge in [-0.05, 0) is 147 Å². The number of aromatic hydroxyl groups is 7. The van der Waals surface area contributed by atoms with Crippen LogP contribution in [0.5, 0.6) is 51.7 Å². The molecule has 0 spiro atoms. The smallest absolute Gasteiger partial charge is 0.340 e. The molecule has 0 unspecified atom stereocenters. The summed E-state index contributed by atoms with van der Waals surface area (Å²) < 4.78 is 41.1. The van der Waals surface area contributed by atoms with Crippen LogP contribution in [0.1, 0.15) is 252 Å². The van der Waals surface area contributed by atoms with E-state index in [0.717, 1.165) is 104 Å². The molecule has 22 rings (SSSR count). The predicted octanol–water partition coefficient (Wildman–Crippen LogP) is 35.2. The fourth-order valence-electron chi connectivity index (χ4n) is 17.8. The molecule has 782 valence electrons. The van der Waals surface area contributed by atoms with Gasteiger partial charge in [-0.1, -0.05) is 431 Å². The lowest BCUT2D eigenvalue weighted by molar-refractivity contribution is 0.0250. The Hall–Kier alpha value is -16.2. The number of phenols is 7. The number of carbonyl (C=O) groups excluding carboxylic acids is 3. The van der Waals surface area contributed by atoms with Gasteiger partial charge in [0.05, 0.1) is 16.7 Å². The van der Waals surface area contributed by atoms with Crippen molar-refractivity contribution in [2.75, 3.05) is 27.8 Å². The number of fused-ring (bicyclic) bond motifs is 11. The number of hydrogen-bond donors (Lipinski definition) is 7. The highest BCUT2D eigenvalue weighted by Gasteiger charge is 2.53. The van der Waals surface area contributed by atoms with Gasteiger partial charge in [0.1, 0.15) is 51.7 Å². The van der Waals surface area contributed by atoms with E-state index in [-0.39, 0.29) is 54.1 Å². The van der Waals surface area contributed by atoms with E-state index >= 15 is 0 Å². The number of ether oxygens (including phenoxy) is 7. The summed E-state index contributed by atoms with van der Waals surface area (Å²) in [4.78, 5) is 39.6. The predicted molar refractivity (Wildman–Crippen MR) is 620 cm³/mol. The van der Waals surface area contributed by atoms with Gasteiger partial charge in [0.25, 0.3) is 0 Å². The highest BCUT2D eigenvalue weighted by atomic mass is 16.7. The molecule has 0 radical (unpaired) electrons. The summed E-state index contributed by atoms with van der Waals surface area (Å²) in [6.45, 7) is 41.5. The fourth-order valence-corrected chi connectivity index (χ4v) is 17.8. The second-order valence-electron chi connectivity index (χ2n) is 33.7. The molecule has 0 aromatic heterocycles. The molecule has 150 heavy (non-hydrogen) atoms. The van der Waals surface area contributed by atoms with Gasteiger partial charge in [-0.3, -0.25) is 0 Å². The van der Waals surface area contributed by atoms with E-state index in [2.05, 4.69) is 69.2 Å². The molecule has 3 aliphatic rings. The lowest BCUT2D eigenvalue weighted by Crippen LogP contribution is -2.30. The molecule has 0 atom stereocenters. The topological polar surface area (TPSA) is 257 Å². The lowest BCUT2D eigenvalue weighted by atomic mass is 9.76. The summed E-state index contributed by atoms with van der Waals surface area (Å²) in [5.74, 6) is 1.58. The molecular formula is C133H148O17. The van der Waals surface area contributed by atoms with Crippen LogP contribution in [0.3, 0.4) is 0 Å². The minimum Gasteiger partial charge on any atom is -0.507 e. The van der Waals surface area contributed by atoms with Crippen LogP contribution in [-0.4, -0.2) is 81.5 Å². The van der Waals surface area contributed by atoms with Crippen LogP contribution in [0.4, 0.5) is 0 Å². The van der Waals surface area contributed by atoms with Gasteiger partial charge >= 0.3 is 17.9 Å². The molecular weight excluding hydrogens is 1870 g/mol. The molecule has 3 aliphatic heterocycles. The summed E-state index contributed by atoms with van der Waals surface area (Å²) in [7, 11) is 3.18. The van der Waals surface area contributed by atoms with Gasteiger partial charge in [0.2, 0.25) is 0 Å². The third kappa shape index (κ3) is 25.9. The van der Waals surface area contributed by atoms with E-state index in [4.69, 9.17) is 33.2 Å². The highest BCUT2D eigenvalue weighted by Crippen LogP contribution is 2.57. The summed E-state index contributed by atoms with van der Waals surface area (Å²) >= 11 is 0. The molecule has 17 heteroatoms. The Balaban J connectivity index is 0.000000226. The van der Waals surface area contributed by atoms with E-state index < -0.39 is 28.7 Å². The molecule has 0 saturated carbocycles. The second kappa shape index (κ2) is 59.6. The van der Waals surface area contributed by atoms with E-state index in [1.165, 1.54) is 32.1 Å². The van der Waals surface area contributed by atoms with Crippen molar-refractivity contribution in [2.24, 2.45) is 0 Å². The quantitative estimate of drug-likeness (QED) is 0.0341. The number of benzene rings is 19. The minimum atomic E-state index is -1.24. The minimum absolute atomic E-state index is 0.125. The van der Waals surface area contributed by atoms with Crippen LogP contribution in [0.15, 0.2) is 370 Å². The van der Waals surface area contributed by atoms with Gasteiger partial charge in [-0.2, -0.15) is 0 Å². The largest absolute Gasteiger partial charge is 0.507 e. The Kier molecular flexibility index (Phi) is 47.3. The maximum Gasteiger partial charge on any atom is 0.340 e. The van der Waals surface area contributed by atoms with Crippen LogP contribution in [0.2, 0.25) is 0 Å². The van der Waals surface area contributed by atoms with E-state index in [0.29, 0.717) is 66.3 Å². The van der Waals surface area contributed by atoms with Gasteiger partial charge < -0.3 is 68.9 Å². The van der Waals surface area contributed by atoms with Crippen molar-refractivity contribution >= 4 is 104 Å². The van der Waals surface area contributed by atoms with Gasteiger partial charge in [0.15, 0.2) is 30.4 Å². The molecule has 19 aromatic rings. The monoisotopic (exact) mass is 2020 g/mol. The lowest BCUT2D eigenvalue weighted by Gasteiger charge is -2.33. The molecule has 19 aromatic carbocycles. The third-order valence-corrected chi connectivity index (χ3v) is 23.3. The number of esters is 3. The van der Waals surface area contributed by atoms with Crippen molar-refractivity contribution in [3.05, 3.63) is 437 Å². The van der Waals surface area contributed by atoms with Crippen molar-refractivity contribution in [2.45, 2.75) is 187 Å². The normalized spacial score (nSPS) is 12.1. The van der Waals surface area contributed by atoms with Gasteiger partial charge in [-0.15, -0.1) is 0 Å². The van der Waals surface area contributed by atoms with Crippen molar-refractivity contribution in [3.63, 3.8) is 0 Å². The van der Waals surface area contributed by atoms with E-state index in [1.54, 1.807) is 93.1 Å². The zero-order valence-electron chi connectivity index (χ0n) is 90.9. The first kappa shape index (κ1) is 119. The maximum absolute atomic E-state index is 13.4. The van der Waals surface area contributed by atoms with Crippen LogP contribution in [0, 0.1) is 0 Å². The number of cyclic esters (lactones) is 3. The summed E-state index contributed by atoms with van der Waals surface area (Å²) in [6, 6.07) is 113. The Morgan fingerprint density at radius 2 is 0.367 bits per heavy atom. The number of carbonyl (C=O) groups is 3. The molecule has 7 N–H and O–H groups in total. The summed E-state index contributed by atoms with van der Waals surface area (Å²) in [5.41, 5.74) is 4.79. The molecule has 0 amide bonds. The number of phenolic OH excluding ortho intramolecular Hbond substituents is 7. The Morgan fingerprint density at radius 3 is 0.620 bits per heavy atom. The second-order valence-corrected chi connectivity index (χ2v) is 33.7. The van der Waals surface area contributed by atoms with Gasteiger partial charge in [-0.25, -0.2) is 14.4 Å². The van der Waals surface area contributed by atoms with Crippen LogP contribution < -0.4 is 9.47 Å².